The highest BCUT2D eigenvalue weighted by atomic mass is 19.3. The summed E-state index contributed by atoms with van der Waals surface area (Å²) >= 11 is 0. The quantitative estimate of drug-likeness (QED) is 0.547. The van der Waals surface area contributed by atoms with Gasteiger partial charge in [-0.1, -0.05) is 31.9 Å². The summed E-state index contributed by atoms with van der Waals surface area (Å²) in [6, 6.07) is 6.22. The Labute approximate surface area is 148 Å². The number of halogens is 5. The van der Waals surface area contributed by atoms with E-state index in [1.807, 2.05) is 0 Å². The maximum absolute atomic E-state index is 14.5. The van der Waals surface area contributed by atoms with Crippen LogP contribution in [-0.2, 0) is 0 Å². The van der Waals surface area contributed by atoms with Gasteiger partial charge in [-0.2, -0.15) is 8.78 Å². The predicted molar refractivity (Wildman–Crippen MR) is 88.8 cm³/mol. The number of ether oxygens (including phenoxy) is 1. The lowest BCUT2D eigenvalue weighted by Gasteiger charge is -2.26. The van der Waals surface area contributed by atoms with Crippen LogP contribution in [0, 0.1) is 23.4 Å². The van der Waals surface area contributed by atoms with E-state index in [0.717, 1.165) is 43.4 Å². The topological polar surface area (TPSA) is 9.23 Å². The molecule has 26 heavy (non-hydrogen) atoms. The Balaban J connectivity index is 1.88. The standard InChI is InChI=1S/C20H19F5O/c1-11-2-4-12(5-3-11)13-6-7-15(16(21)8-13)14-9-17(22)19(18(23)10-14)26-20(24)25/h6-12,20H,2-5H2,1H3. The van der Waals surface area contributed by atoms with Crippen molar-refractivity contribution in [3.8, 4) is 16.9 Å². The van der Waals surface area contributed by atoms with E-state index in [-0.39, 0.29) is 17.0 Å². The molecule has 2 aromatic rings. The minimum absolute atomic E-state index is 0.0133. The van der Waals surface area contributed by atoms with Crippen LogP contribution in [0.2, 0.25) is 0 Å². The summed E-state index contributed by atoms with van der Waals surface area (Å²) in [6.07, 6.45) is 4.16. The Morgan fingerprint density at radius 3 is 2.04 bits per heavy atom. The fraction of sp³-hybridized carbons (Fsp3) is 0.400. The SMILES string of the molecule is CC1CCC(c2ccc(-c3cc(F)c(OC(F)F)c(F)c3)c(F)c2)CC1. The highest BCUT2D eigenvalue weighted by Crippen LogP contribution is 2.37. The third-order valence-electron chi connectivity index (χ3n) is 5.00. The first-order valence-electron chi connectivity index (χ1n) is 8.58. The second-order valence-corrected chi connectivity index (χ2v) is 6.84. The van der Waals surface area contributed by atoms with Crippen LogP contribution in [0.3, 0.4) is 0 Å². The molecule has 0 heterocycles. The van der Waals surface area contributed by atoms with E-state index in [2.05, 4.69) is 11.7 Å². The molecule has 140 valence electrons. The lowest BCUT2D eigenvalue weighted by atomic mass is 9.79. The number of hydrogen-bond acceptors (Lipinski definition) is 1. The summed E-state index contributed by atoms with van der Waals surface area (Å²) in [7, 11) is 0. The first kappa shape index (κ1) is 18.7. The van der Waals surface area contributed by atoms with Crippen molar-refractivity contribution in [2.24, 2.45) is 5.92 Å². The largest absolute Gasteiger partial charge is 0.429 e. The van der Waals surface area contributed by atoms with Gasteiger partial charge < -0.3 is 4.74 Å². The highest BCUT2D eigenvalue weighted by Gasteiger charge is 2.22. The molecule has 1 saturated carbocycles. The number of hydrogen-bond donors (Lipinski definition) is 0. The number of alkyl halides is 2. The van der Waals surface area contributed by atoms with E-state index in [4.69, 9.17) is 0 Å². The van der Waals surface area contributed by atoms with Crippen molar-refractivity contribution >= 4 is 0 Å². The molecule has 1 aliphatic carbocycles. The molecule has 3 rings (SSSR count). The molecule has 0 saturated heterocycles. The Morgan fingerprint density at radius 1 is 0.885 bits per heavy atom. The zero-order valence-electron chi connectivity index (χ0n) is 14.2. The van der Waals surface area contributed by atoms with Crippen molar-refractivity contribution in [3.05, 3.63) is 53.3 Å². The molecule has 1 aliphatic rings. The molecule has 0 bridgehead atoms. The fourth-order valence-corrected chi connectivity index (χ4v) is 3.53. The van der Waals surface area contributed by atoms with E-state index < -0.39 is 29.8 Å². The average Bonchev–Trinajstić information content (AvgIpc) is 2.58. The van der Waals surface area contributed by atoms with Crippen LogP contribution in [-0.4, -0.2) is 6.61 Å². The van der Waals surface area contributed by atoms with Gasteiger partial charge in [-0.3, -0.25) is 0 Å². The van der Waals surface area contributed by atoms with E-state index in [9.17, 15) is 22.0 Å². The van der Waals surface area contributed by atoms with Crippen molar-refractivity contribution in [1.82, 2.24) is 0 Å². The molecule has 0 unspecified atom stereocenters. The molecule has 0 aliphatic heterocycles. The summed E-state index contributed by atoms with van der Waals surface area (Å²) in [5, 5.41) is 0. The van der Waals surface area contributed by atoms with Gasteiger partial charge in [0.2, 0.25) is 0 Å². The van der Waals surface area contributed by atoms with Crippen LogP contribution in [0.5, 0.6) is 5.75 Å². The summed E-state index contributed by atoms with van der Waals surface area (Å²) < 4.78 is 70.5. The van der Waals surface area contributed by atoms with Gasteiger partial charge in [0.1, 0.15) is 5.82 Å². The summed E-state index contributed by atoms with van der Waals surface area (Å²) in [5.74, 6) is -3.41. The number of benzene rings is 2. The maximum atomic E-state index is 14.5. The van der Waals surface area contributed by atoms with Crippen molar-refractivity contribution in [3.63, 3.8) is 0 Å². The Kier molecular flexibility index (Phi) is 5.49. The monoisotopic (exact) mass is 370 g/mol. The van der Waals surface area contributed by atoms with Crippen LogP contribution >= 0.6 is 0 Å². The summed E-state index contributed by atoms with van der Waals surface area (Å²) in [6.45, 7) is -1.15. The Bertz CT molecular complexity index is 759. The fourth-order valence-electron chi connectivity index (χ4n) is 3.53. The van der Waals surface area contributed by atoms with Gasteiger partial charge in [-0.05, 0) is 54.0 Å². The van der Waals surface area contributed by atoms with Crippen LogP contribution in [0.15, 0.2) is 30.3 Å². The minimum atomic E-state index is -3.35. The van der Waals surface area contributed by atoms with Gasteiger partial charge in [-0.25, -0.2) is 13.2 Å². The summed E-state index contributed by atoms with van der Waals surface area (Å²) in [4.78, 5) is 0. The molecule has 1 nitrogen and oxygen atoms in total. The Morgan fingerprint density at radius 2 is 1.50 bits per heavy atom. The van der Waals surface area contributed by atoms with Crippen LogP contribution in [0.1, 0.15) is 44.1 Å². The third-order valence-corrected chi connectivity index (χ3v) is 5.00. The van der Waals surface area contributed by atoms with Gasteiger partial charge in [0.15, 0.2) is 17.4 Å². The molecule has 0 amide bonds. The van der Waals surface area contributed by atoms with Crippen LogP contribution in [0.25, 0.3) is 11.1 Å². The molecule has 6 heteroatoms. The third kappa shape index (κ3) is 4.00. The molecule has 0 radical (unpaired) electrons. The van der Waals surface area contributed by atoms with Gasteiger partial charge in [-0.15, -0.1) is 0 Å². The average molecular weight is 370 g/mol. The van der Waals surface area contributed by atoms with E-state index >= 15 is 0 Å². The van der Waals surface area contributed by atoms with E-state index in [1.54, 1.807) is 6.07 Å². The first-order valence-corrected chi connectivity index (χ1v) is 8.58. The zero-order chi connectivity index (χ0) is 18.8. The van der Waals surface area contributed by atoms with E-state index in [1.165, 1.54) is 12.1 Å². The smallest absolute Gasteiger partial charge is 0.387 e. The Hall–Kier alpha value is -2.11. The molecular weight excluding hydrogens is 351 g/mol. The van der Waals surface area contributed by atoms with Crippen molar-refractivity contribution in [2.75, 3.05) is 0 Å². The van der Waals surface area contributed by atoms with Crippen molar-refractivity contribution < 1.29 is 26.7 Å². The van der Waals surface area contributed by atoms with Gasteiger partial charge >= 0.3 is 6.61 Å². The first-order chi connectivity index (χ1) is 12.3. The molecule has 0 aromatic heterocycles. The maximum Gasteiger partial charge on any atom is 0.387 e. The van der Waals surface area contributed by atoms with E-state index in [0.29, 0.717) is 5.92 Å². The zero-order valence-corrected chi connectivity index (χ0v) is 14.2. The molecule has 2 aromatic carbocycles. The lowest BCUT2D eigenvalue weighted by molar-refractivity contribution is -0.0546. The molecule has 0 atom stereocenters. The van der Waals surface area contributed by atoms with Gasteiger partial charge in [0, 0.05) is 5.56 Å². The van der Waals surface area contributed by atoms with Crippen molar-refractivity contribution in [1.29, 1.82) is 0 Å². The number of rotatable bonds is 4. The molecule has 0 N–H and O–H groups in total. The lowest BCUT2D eigenvalue weighted by Crippen LogP contribution is -2.11. The van der Waals surface area contributed by atoms with Crippen molar-refractivity contribution in [2.45, 2.75) is 45.1 Å². The van der Waals surface area contributed by atoms with Crippen LogP contribution < -0.4 is 4.74 Å². The van der Waals surface area contributed by atoms with Gasteiger partial charge in [0.25, 0.3) is 0 Å². The molecular formula is C20H19F5O. The second-order valence-electron chi connectivity index (χ2n) is 6.84. The predicted octanol–water partition coefficient (Wildman–Crippen LogP) is 6.67. The van der Waals surface area contributed by atoms with Gasteiger partial charge in [0.05, 0.1) is 0 Å². The highest BCUT2D eigenvalue weighted by molar-refractivity contribution is 5.66. The van der Waals surface area contributed by atoms with Crippen LogP contribution in [0.4, 0.5) is 22.0 Å². The summed E-state index contributed by atoms with van der Waals surface area (Å²) in [5.41, 5.74) is 0.819. The second kappa shape index (κ2) is 7.64. The normalized spacial score (nSPS) is 20.4. The molecule has 1 fully saturated rings. The molecule has 0 spiro atoms. The minimum Gasteiger partial charge on any atom is -0.429 e.